The van der Waals surface area contributed by atoms with Gasteiger partial charge in [0.2, 0.25) is 5.91 Å². The third-order valence-electron chi connectivity index (χ3n) is 4.94. The number of nitrogens with one attached hydrogen (secondary N) is 1. The highest BCUT2D eigenvalue weighted by Crippen LogP contribution is 2.30. The Balaban J connectivity index is 1.76. The number of hydrogen-bond donors (Lipinski definition) is 1. The molecule has 7 heteroatoms. The molecule has 0 bridgehead atoms. The Bertz CT molecular complexity index is 1020. The van der Waals surface area contributed by atoms with Gasteiger partial charge in [-0.1, -0.05) is 24.8 Å². The van der Waals surface area contributed by atoms with E-state index in [2.05, 4.69) is 23.1 Å². The molecule has 2 aromatic rings. The van der Waals surface area contributed by atoms with E-state index in [0.29, 0.717) is 18.5 Å². The minimum atomic E-state index is -0.177. The van der Waals surface area contributed by atoms with Gasteiger partial charge in [-0.3, -0.25) is 9.59 Å². The lowest BCUT2D eigenvalue weighted by Gasteiger charge is -2.26. The molecular weight excluding hydrogens is 479 g/mol. The van der Waals surface area contributed by atoms with Crippen LogP contribution in [-0.2, 0) is 11.2 Å². The Kier molecular flexibility index (Phi) is 6.68. The van der Waals surface area contributed by atoms with Crippen molar-refractivity contribution in [1.82, 2.24) is 13.3 Å². The first kappa shape index (κ1) is 21.0. The summed E-state index contributed by atoms with van der Waals surface area (Å²) in [7, 11) is 1.82. The summed E-state index contributed by atoms with van der Waals surface area (Å²) < 4.78 is 1.57. The number of halogens is 1. The van der Waals surface area contributed by atoms with E-state index < -0.39 is 0 Å². The summed E-state index contributed by atoms with van der Waals surface area (Å²) in [6, 6.07) is 6.15. The van der Waals surface area contributed by atoms with E-state index in [1.165, 1.54) is 11.8 Å². The molecule has 29 heavy (non-hydrogen) atoms. The molecule has 0 spiro atoms. The van der Waals surface area contributed by atoms with Gasteiger partial charge >= 0.3 is 0 Å². The molecule has 1 aromatic heterocycles. The molecule has 1 aromatic carbocycles. The zero-order valence-electron chi connectivity index (χ0n) is 16.5. The fourth-order valence-corrected chi connectivity index (χ4v) is 3.68. The standard InChI is InChI=1S/C22H23IN4O2/c1-4-15(12-24-22(29)19-13-25-27(23)14-19)10-16(5-2)17-6-8-20-18(11-17)7-9-21(28)26(20)3/h4-6,8,10-11,13-14H,1,7,9,12H2,2-3H3,(H,24,29)/b15-10+,16-5+. The quantitative estimate of drug-likeness (QED) is 0.481. The van der Waals surface area contributed by atoms with Crippen molar-refractivity contribution >= 4 is 45.9 Å². The number of amides is 2. The van der Waals surface area contributed by atoms with E-state index in [4.69, 9.17) is 0 Å². The number of anilines is 1. The summed E-state index contributed by atoms with van der Waals surface area (Å²) in [5.74, 6) is -0.0293. The van der Waals surface area contributed by atoms with Crippen LogP contribution in [0.3, 0.4) is 0 Å². The van der Waals surface area contributed by atoms with Crippen LogP contribution in [0.1, 0.15) is 34.8 Å². The Labute approximate surface area is 184 Å². The van der Waals surface area contributed by atoms with Crippen LogP contribution in [0.25, 0.3) is 5.57 Å². The topological polar surface area (TPSA) is 67.2 Å². The van der Waals surface area contributed by atoms with Gasteiger partial charge in [0.1, 0.15) is 0 Å². The molecule has 0 fully saturated rings. The van der Waals surface area contributed by atoms with Crippen LogP contribution in [0.2, 0.25) is 0 Å². The van der Waals surface area contributed by atoms with E-state index in [1.807, 2.05) is 61.1 Å². The Morgan fingerprint density at radius 1 is 1.34 bits per heavy atom. The number of aryl methyl sites for hydroxylation is 1. The van der Waals surface area contributed by atoms with E-state index in [-0.39, 0.29) is 11.8 Å². The van der Waals surface area contributed by atoms with Crippen LogP contribution in [-0.4, -0.2) is 33.4 Å². The highest BCUT2D eigenvalue weighted by atomic mass is 127. The van der Waals surface area contributed by atoms with Gasteiger partial charge in [0.25, 0.3) is 5.91 Å². The smallest absolute Gasteiger partial charge is 0.254 e. The molecule has 1 aliphatic rings. The number of benzene rings is 1. The van der Waals surface area contributed by atoms with Crippen LogP contribution in [0.5, 0.6) is 0 Å². The highest BCUT2D eigenvalue weighted by Gasteiger charge is 2.21. The van der Waals surface area contributed by atoms with Crippen LogP contribution in [0.15, 0.2) is 61.0 Å². The summed E-state index contributed by atoms with van der Waals surface area (Å²) in [4.78, 5) is 25.9. The van der Waals surface area contributed by atoms with Crippen LogP contribution in [0.4, 0.5) is 5.69 Å². The molecule has 0 saturated carbocycles. The third-order valence-corrected chi connectivity index (χ3v) is 5.47. The first-order chi connectivity index (χ1) is 13.9. The monoisotopic (exact) mass is 502 g/mol. The molecule has 0 unspecified atom stereocenters. The zero-order valence-corrected chi connectivity index (χ0v) is 18.6. The maximum Gasteiger partial charge on any atom is 0.254 e. The van der Waals surface area contributed by atoms with E-state index in [9.17, 15) is 9.59 Å². The van der Waals surface area contributed by atoms with Gasteiger partial charge in [0.15, 0.2) is 0 Å². The highest BCUT2D eigenvalue weighted by molar-refractivity contribution is 14.1. The molecule has 0 saturated heterocycles. The van der Waals surface area contributed by atoms with Crippen molar-refractivity contribution in [3.05, 3.63) is 77.7 Å². The van der Waals surface area contributed by atoms with Gasteiger partial charge in [-0.15, -0.1) is 0 Å². The van der Waals surface area contributed by atoms with E-state index in [1.54, 1.807) is 20.1 Å². The minimum Gasteiger partial charge on any atom is -0.348 e. The second-order valence-corrected chi connectivity index (χ2v) is 7.75. The Morgan fingerprint density at radius 2 is 2.14 bits per heavy atom. The van der Waals surface area contributed by atoms with Crippen LogP contribution >= 0.6 is 22.9 Å². The van der Waals surface area contributed by atoms with Crippen LogP contribution in [0, 0.1) is 0 Å². The van der Waals surface area contributed by atoms with Crippen molar-refractivity contribution in [3.63, 3.8) is 0 Å². The zero-order chi connectivity index (χ0) is 21.0. The maximum atomic E-state index is 12.2. The summed E-state index contributed by atoms with van der Waals surface area (Å²) in [6.07, 6.45) is 10.3. The number of aromatic nitrogens is 2. The number of carbonyl (C=O) groups excluding carboxylic acids is 2. The third kappa shape index (κ3) is 4.84. The predicted molar refractivity (Wildman–Crippen MR) is 124 cm³/mol. The summed E-state index contributed by atoms with van der Waals surface area (Å²) in [5, 5.41) is 6.90. The molecule has 150 valence electrons. The average Bonchev–Trinajstić information content (AvgIpc) is 3.17. The van der Waals surface area contributed by atoms with Gasteiger partial charge in [0, 0.05) is 31.9 Å². The average molecular weight is 502 g/mol. The molecule has 0 aliphatic carbocycles. The van der Waals surface area contributed by atoms with Crippen molar-refractivity contribution < 1.29 is 9.59 Å². The molecule has 0 atom stereocenters. The number of rotatable bonds is 6. The molecule has 3 rings (SSSR count). The molecule has 1 N–H and O–H groups in total. The molecule has 6 nitrogen and oxygen atoms in total. The van der Waals surface area contributed by atoms with Crippen LogP contribution < -0.4 is 10.2 Å². The number of fused-ring (bicyclic) bond motifs is 1. The summed E-state index contributed by atoms with van der Waals surface area (Å²) in [6.45, 7) is 6.23. The molecular formula is C22H23IN4O2. The fraction of sp³-hybridized carbons (Fsp3) is 0.227. The largest absolute Gasteiger partial charge is 0.348 e. The van der Waals surface area contributed by atoms with Gasteiger partial charge < -0.3 is 10.2 Å². The van der Waals surface area contributed by atoms with Gasteiger partial charge in [-0.05, 0) is 53.8 Å². The number of hydrogen-bond acceptors (Lipinski definition) is 3. The van der Waals surface area contributed by atoms with E-state index in [0.717, 1.165) is 28.8 Å². The number of carbonyl (C=O) groups is 2. The first-order valence-corrected chi connectivity index (χ1v) is 10.3. The van der Waals surface area contributed by atoms with Gasteiger partial charge in [-0.25, -0.2) is 2.90 Å². The Morgan fingerprint density at radius 3 is 2.79 bits per heavy atom. The summed E-state index contributed by atoms with van der Waals surface area (Å²) in [5.41, 5.74) is 5.67. The molecule has 2 heterocycles. The molecule has 0 radical (unpaired) electrons. The predicted octanol–water partition coefficient (Wildman–Crippen LogP) is 3.94. The van der Waals surface area contributed by atoms with Gasteiger partial charge in [-0.2, -0.15) is 5.10 Å². The first-order valence-electron chi connectivity index (χ1n) is 9.31. The number of nitrogens with zero attached hydrogens (tertiary/aromatic N) is 3. The minimum absolute atomic E-state index is 0.147. The second-order valence-electron chi connectivity index (χ2n) is 6.76. The molecule has 2 amide bonds. The normalized spacial score (nSPS) is 14.6. The second kappa shape index (κ2) is 9.21. The SMILES string of the molecule is C=C/C(=C\C(=C/C)c1ccc2c(c1)CCC(=O)N2C)CNC(=O)c1cnn(I)c1. The van der Waals surface area contributed by atoms with Crippen molar-refractivity contribution in [2.75, 3.05) is 18.5 Å². The number of allylic oxidation sites excluding steroid dienone is 3. The maximum absolute atomic E-state index is 12.2. The lowest BCUT2D eigenvalue weighted by atomic mass is 9.95. The lowest BCUT2D eigenvalue weighted by Crippen LogP contribution is -2.31. The van der Waals surface area contributed by atoms with Crippen molar-refractivity contribution in [3.8, 4) is 0 Å². The van der Waals surface area contributed by atoms with Crippen molar-refractivity contribution in [2.45, 2.75) is 19.8 Å². The van der Waals surface area contributed by atoms with Crippen molar-refractivity contribution in [1.29, 1.82) is 0 Å². The van der Waals surface area contributed by atoms with Gasteiger partial charge in [0.05, 0.1) is 34.6 Å². The lowest BCUT2D eigenvalue weighted by molar-refractivity contribution is -0.118. The molecule has 1 aliphatic heterocycles. The Hall–Kier alpha value is -2.68. The fourth-order valence-electron chi connectivity index (χ4n) is 3.25. The van der Waals surface area contributed by atoms with E-state index >= 15 is 0 Å². The summed E-state index contributed by atoms with van der Waals surface area (Å²) >= 11 is 2.00. The van der Waals surface area contributed by atoms with Crippen molar-refractivity contribution in [2.24, 2.45) is 0 Å².